The molecule has 31 heavy (non-hydrogen) atoms. The zero-order valence-corrected chi connectivity index (χ0v) is 17.4. The molecule has 0 spiro atoms. The Balaban J connectivity index is 1.84. The SMILES string of the molecule is Cc1[nH]c2ccccc2c1-c1c(-c2ccc(Cl)cc2)[nH]c2c1c(=O)oc1ccccc12. The topological polar surface area (TPSA) is 61.8 Å². The van der Waals surface area contributed by atoms with Gasteiger partial charge in [0.15, 0.2) is 0 Å². The Hall–Kier alpha value is -3.76. The summed E-state index contributed by atoms with van der Waals surface area (Å²) in [5.41, 5.74) is 6.64. The quantitative estimate of drug-likeness (QED) is 0.292. The number of aromatic amines is 2. The van der Waals surface area contributed by atoms with E-state index in [0.717, 1.165) is 49.9 Å². The standard InChI is InChI=1S/C26H17ClN2O2/c1-14-21(17-6-2-4-8-19(17)28-14)22-23-25(18-7-3-5-9-20(18)31-26(23)30)29-24(22)15-10-12-16(27)13-11-15/h2-13,28-29H,1H3. The summed E-state index contributed by atoms with van der Waals surface area (Å²) >= 11 is 6.14. The zero-order valence-electron chi connectivity index (χ0n) is 16.6. The van der Waals surface area contributed by atoms with Crippen molar-refractivity contribution in [3.63, 3.8) is 0 Å². The van der Waals surface area contributed by atoms with Crippen molar-refractivity contribution in [1.82, 2.24) is 9.97 Å². The van der Waals surface area contributed by atoms with Gasteiger partial charge in [0, 0.05) is 38.1 Å². The third-order valence-corrected chi connectivity index (χ3v) is 6.09. The second-order valence-corrected chi connectivity index (χ2v) is 8.12. The number of para-hydroxylation sites is 2. The number of aryl methyl sites for hydroxylation is 1. The molecule has 6 rings (SSSR count). The molecule has 0 saturated carbocycles. The summed E-state index contributed by atoms with van der Waals surface area (Å²) in [5, 5.41) is 3.14. The maximum atomic E-state index is 13.2. The molecule has 0 aliphatic heterocycles. The second kappa shape index (κ2) is 6.62. The van der Waals surface area contributed by atoms with Crippen LogP contribution in [0.3, 0.4) is 0 Å². The lowest BCUT2D eigenvalue weighted by Gasteiger charge is -2.06. The predicted octanol–water partition coefficient (Wildman–Crippen LogP) is 7.05. The minimum absolute atomic E-state index is 0.357. The van der Waals surface area contributed by atoms with Crippen molar-refractivity contribution in [3.05, 3.63) is 93.9 Å². The minimum atomic E-state index is -0.357. The van der Waals surface area contributed by atoms with Crippen LogP contribution in [-0.4, -0.2) is 9.97 Å². The highest BCUT2D eigenvalue weighted by molar-refractivity contribution is 6.30. The first-order valence-corrected chi connectivity index (χ1v) is 10.4. The summed E-state index contributed by atoms with van der Waals surface area (Å²) in [6, 6.07) is 23.4. The molecular formula is C26H17ClN2O2. The number of H-pyrrole nitrogens is 2. The largest absolute Gasteiger partial charge is 0.422 e. The molecule has 0 radical (unpaired) electrons. The number of halogens is 1. The smallest absolute Gasteiger partial charge is 0.346 e. The van der Waals surface area contributed by atoms with Crippen molar-refractivity contribution in [2.45, 2.75) is 6.92 Å². The summed E-state index contributed by atoms with van der Waals surface area (Å²) in [5.74, 6) is 0. The number of benzene rings is 3. The van der Waals surface area contributed by atoms with Crippen LogP contribution < -0.4 is 5.63 Å². The first-order chi connectivity index (χ1) is 15.1. The van der Waals surface area contributed by atoms with Crippen LogP contribution in [0.5, 0.6) is 0 Å². The van der Waals surface area contributed by atoms with Crippen LogP contribution in [0.25, 0.3) is 55.2 Å². The fourth-order valence-electron chi connectivity index (χ4n) is 4.50. The molecule has 0 amide bonds. The molecule has 0 atom stereocenters. The van der Waals surface area contributed by atoms with Gasteiger partial charge in [-0.25, -0.2) is 4.79 Å². The minimum Gasteiger partial charge on any atom is -0.422 e. The lowest BCUT2D eigenvalue weighted by molar-refractivity contribution is 0.570. The molecule has 3 heterocycles. The highest BCUT2D eigenvalue weighted by Crippen LogP contribution is 2.43. The first kappa shape index (κ1) is 18.0. The molecule has 2 N–H and O–H groups in total. The van der Waals surface area contributed by atoms with E-state index in [1.54, 1.807) is 0 Å². The van der Waals surface area contributed by atoms with Crippen LogP contribution in [0.2, 0.25) is 5.02 Å². The molecule has 0 bridgehead atoms. The molecule has 0 aliphatic rings. The molecule has 0 unspecified atom stereocenters. The van der Waals surface area contributed by atoms with Crippen molar-refractivity contribution < 1.29 is 4.42 Å². The van der Waals surface area contributed by atoms with Gasteiger partial charge in [0.05, 0.1) is 16.6 Å². The first-order valence-electron chi connectivity index (χ1n) is 10.0. The highest BCUT2D eigenvalue weighted by Gasteiger charge is 2.24. The summed E-state index contributed by atoms with van der Waals surface area (Å²) in [6.45, 7) is 2.03. The van der Waals surface area contributed by atoms with Gasteiger partial charge in [-0.2, -0.15) is 0 Å². The van der Waals surface area contributed by atoms with Crippen LogP contribution in [0.4, 0.5) is 0 Å². The van der Waals surface area contributed by atoms with Crippen LogP contribution in [-0.2, 0) is 0 Å². The van der Waals surface area contributed by atoms with Crippen molar-refractivity contribution in [3.8, 4) is 22.4 Å². The van der Waals surface area contributed by atoms with Gasteiger partial charge in [-0.3, -0.25) is 0 Å². The van der Waals surface area contributed by atoms with Gasteiger partial charge >= 0.3 is 5.63 Å². The Morgan fingerprint density at radius 3 is 2.32 bits per heavy atom. The molecule has 4 nitrogen and oxygen atoms in total. The van der Waals surface area contributed by atoms with E-state index in [9.17, 15) is 4.79 Å². The van der Waals surface area contributed by atoms with Crippen molar-refractivity contribution >= 4 is 44.4 Å². The normalized spacial score (nSPS) is 11.7. The Kier molecular flexibility index (Phi) is 3.86. The molecule has 6 aromatic rings. The summed E-state index contributed by atoms with van der Waals surface area (Å²) in [4.78, 5) is 20.2. The van der Waals surface area contributed by atoms with E-state index < -0.39 is 0 Å². The van der Waals surface area contributed by atoms with Crippen LogP contribution in [0.1, 0.15) is 5.69 Å². The summed E-state index contributed by atoms with van der Waals surface area (Å²) in [7, 11) is 0. The average Bonchev–Trinajstić information content (AvgIpc) is 3.32. The van der Waals surface area contributed by atoms with E-state index in [2.05, 4.69) is 16.0 Å². The Labute approximate surface area is 182 Å². The summed E-state index contributed by atoms with van der Waals surface area (Å²) in [6.07, 6.45) is 0. The van der Waals surface area contributed by atoms with Crippen molar-refractivity contribution in [2.24, 2.45) is 0 Å². The number of nitrogens with one attached hydrogen (secondary N) is 2. The number of aromatic nitrogens is 2. The monoisotopic (exact) mass is 424 g/mol. The van der Waals surface area contributed by atoms with Crippen LogP contribution >= 0.6 is 11.6 Å². The molecule has 150 valence electrons. The predicted molar refractivity (Wildman–Crippen MR) is 127 cm³/mol. The van der Waals surface area contributed by atoms with E-state index in [0.29, 0.717) is 16.0 Å². The van der Waals surface area contributed by atoms with Gasteiger partial charge in [-0.1, -0.05) is 54.1 Å². The maximum Gasteiger partial charge on any atom is 0.346 e. The van der Waals surface area contributed by atoms with Gasteiger partial charge in [-0.15, -0.1) is 0 Å². The van der Waals surface area contributed by atoms with Crippen molar-refractivity contribution in [1.29, 1.82) is 0 Å². The maximum absolute atomic E-state index is 13.2. The zero-order chi connectivity index (χ0) is 21.1. The molecule has 0 saturated heterocycles. The lowest BCUT2D eigenvalue weighted by Crippen LogP contribution is -2.00. The van der Waals surface area contributed by atoms with E-state index in [1.807, 2.05) is 73.7 Å². The Morgan fingerprint density at radius 1 is 0.806 bits per heavy atom. The van der Waals surface area contributed by atoms with Gasteiger partial charge in [0.1, 0.15) is 5.58 Å². The van der Waals surface area contributed by atoms with Crippen molar-refractivity contribution in [2.75, 3.05) is 0 Å². The average molecular weight is 425 g/mol. The molecule has 0 fully saturated rings. The third kappa shape index (κ3) is 2.65. The Morgan fingerprint density at radius 2 is 1.52 bits per heavy atom. The number of hydrogen-bond donors (Lipinski definition) is 2. The van der Waals surface area contributed by atoms with Gasteiger partial charge in [-0.05, 0) is 42.8 Å². The van der Waals surface area contributed by atoms with Gasteiger partial charge in [0.2, 0.25) is 0 Å². The molecule has 3 aromatic carbocycles. The van der Waals surface area contributed by atoms with Gasteiger partial charge < -0.3 is 14.4 Å². The number of fused-ring (bicyclic) bond motifs is 4. The molecule has 5 heteroatoms. The molecule has 3 aromatic heterocycles. The van der Waals surface area contributed by atoms with Gasteiger partial charge in [0.25, 0.3) is 0 Å². The number of rotatable bonds is 2. The molecular weight excluding hydrogens is 408 g/mol. The second-order valence-electron chi connectivity index (χ2n) is 7.69. The number of hydrogen-bond acceptors (Lipinski definition) is 2. The molecule has 0 aliphatic carbocycles. The lowest BCUT2D eigenvalue weighted by atomic mass is 9.96. The van der Waals surface area contributed by atoms with Crippen LogP contribution in [0.15, 0.2) is 82.0 Å². The summed E-state index contributed by atoms with van der Waals surface area (Å²) < 4.78 is 5.73. The fraction of sp³-hybridized carbons (Fsp3) is 0.0385. The van der Waals surface area contributed by atoms with E-state index in [-0.39, 0.29) is 5.63 Å². The fourth-order valence-corrected chi connectivity index (χ4v) is 4.63. The van der Waals surface area contributed by atoms with E-state index in [1.165, 1.54) is 0 Å². The Bertz CT molecular complexity index is 1670. The highest BCUT2D eigenvalue weighted by atomic mass is 35.5. The van der Waals surface area contributed by atoms with Crippen LogP contribution in [0, 0.1) is 6.92 Å². The van der Waals surface area contributed by atoms with E-state index in [4.69, 9.17) is 16.0 Å². The van der Waals surface area contributed by atoms with E-state index >= 15 is 0 Å². The third-order valence-electron chi connectivity index (χ3n) is 5.84.